The summed E-state index contributed by atoms with van der Waals surface area (Å²) in [6.45, 7) is 1.33. The number of benzene rings is 1. The topological polar surface area (TPSA) is 60.3 Å². The Morgan fingerprint density at radius 2 is 1.90 bits per heavy atom. The summed E-state index contributed by atoms with van der Waals surface area (Å²) >= 11 is 5.87. The molecule has 10 heteroatoms. The van der Waals surface area contributed by atoms with Gasteiger partial charge >= 0.3 is 0 Å². The van der Waals surface area contributed by atoms with Crippen molar-refractivity contribution >= 4 is 28.3 Å². The average molecular weight is 437 g/mol. The first-order valence-electron chi connectivity index (χ1n) is 9.43. The van der Waals surface area contributed by atoms with Crippen molar-refractivity contribution in [1.82, 2.24) is 14.5 Å². The molecule has 0 spiro atoms. The first-order valence-corrected chi connectivity index (χ1v) is 9.81. The molecule has 4 heterocycles. The third kappa shape index (κ3) is 3.22. The molecular weight excluding hydrogens is 421 g/mol. The lowest BCUT2D eigenvalue weighted by Gasteiger charge is -2.28. The van der Waals surface area contributed by atoms with Crippen molar-refractivity contribution in [3.05, 3.63) is 51.3 Å². The predicted molar refractivity (Wildman–Crippen MR) is 106 cm³/mol. The minimum atomic E-state index is -3.05. The number of nitrogens with zero attached hydrogens (tertiary/aromatic N) is 4. The van der Waals surface area contributed by atoms with Gasteiger partial charge in [0.25, 0.3) is 11.5 Å². The van der Waals surface area contributed by atoms with Gasteiger partial charge in [-0.25, -0.2) is 23.1 Å². The maximum Gasteiger partial charge on any atom is 0.272 e. The zero-order valence-electron chi connectivity index (χ0n) is 15.7. The van der Waals surface area contributed by atoms with Crippen molar-refractivity contribution in [2.45, 2.75) is 18.9 Å². The van der Waals surface area contributed by atoms with Crippen LogP contribution >= 0.6 is 11.6 Å². The molecule has 0 atom stereocenters. The Morgan fingerprint density at radius 1 is 1.13 bits per heavy atom. The molecule has 2 aliphatic heterocycles. The molecule has 5 rings (SSSR count). The van der Waals surface area contributed by atoms with E-state index in [1.165, 1.54) is 18.2 Å². The van der Waals surface area contributed by atoms with E-state index in [0.717, 1.165) is 10.6 Å². The first-order chi connectivity index (χ1) is 14.3. The van der Waals surface area contributed by atoms with E-state index >= 15 is 0 Å². The molecule has 1 aromatic carbocycles. The van der Waals surface area contributed by atoms with Crippen LogP contribution in [0.15, 0.2) is 29.1 Å². The zero-order chi connectivity index (χ0) is 21.0. The van der Waals surface area contributed by atoms with Gasteiger partial charge in [0.05, 0.1) is 31.6 Å². The number of morpholine rings is 1. The molecule has 0 aliphatic carbocycles. The van der Waals surface area contributed by atoms with Crippen molar-refractivity contribution in [3.8, 4) is 11.3 Å². The number of halogens is 4. The summed E-state index contributed by atoms with van der Waals surface area (Å²) in [5.41, 5.74) is -0.262. The number of alkyl halides is 2. The fraction of sp³-hybridized carbons (Fsp3) is 0.350. The smallest absolute Gasteiger partial charge is 0.272 e. The quantitative estimate of drug-likeness (QED) is 0.617. The predicted octanol–water partition coefficient (Wildman–Crippen LogP) is 3.28. The average Bonchev–Trinajstić information content (AvgIpc) is 3.03. The van der Waals surface area contributed by atoms with Crippen LogP contribution in [0.25, 0.3) is 22.2 Å². The Hall–Kier alpha value is -2.65. The van der Waals surface area contributed by atoms with E-state index in [0.29, 0.717) is 32.1 Å². The zero-order valence-corrected chi connectivity index (χ0v) is 16.4. The molecule has 2 aliphatic rings. The van der Waals surface area contributed by atoms with Gasteiger partial charge in [0, 0.05) is 23.7 Å². The highest BCUT2D eigenvalue weighted by Crippen LogP contribution is 2.34. The third-order valence-electron chi connectivity index (χ3n) is 5.33. The van der Waals surface area contributed by atoms with Crippen molar-refractivity contribution in [1.29, 1.82) is 0 Å². The van der Waals surface area contributed by atoms with Gasteiger partial charge in [-0.15, -0.1) is 0 Å². The van der Waals surface area contributed by atoms with Crippen LogP contribution < -0.4 is 10.5 Å². The van der Waals surface area contributed by atoms with E-state index in [2.05, 4.69) is 9.97 Å². The van der Waals surface area contributed by atoms with Gasteiger partial charge in [0.1, 0.15) is 28.7 Å². The Labute approximate surface area is 173 Å². The number of pyridine rings is 1. The van der Waals surface area contributed by atoms with Crippen LogP contribution in [0.3, 0.4) is 0 Å². The molecule has 1 saturated heterocycles. The Kier molecular flexibility index (Phi) is 4.48. The lowest BCUT2D eigenvalue weighted by atomic mass is 10.1. The minimum Gasteiger partial charge on any atom is -0.378 e. The van der Waals surface area contributed by atoms with Crippen LogP contribution in [0, 0.1) is 5.82 Å². The van der Waals surface area contributed by atoms with Crippen molar-refractivity contribution in [3.63, 3.8) is 0 Å². The van der Waals surface area contributed by atoms with E-state index in [-0.39, 0.29) is 33.0 Å². The Bertz CT molecular complexity index is 1220. The summed E-state index contributed by atoms with van der Waals surface area (Å²) in [6.07, 6.45) is -0.647. The van der Waals surface area contributed by atoms with Crippen LogP contribution in [0.4, 0.5) is 19.0 Å². The minimum absolute atomic E-state index is 0.0333. The number of ether oxygens (including phenoxy) is 1. The van der Waals surface area contributed by atoms with Gasteiger partial charge in [-0.05, 0) is 24.3 Å². The highest BCUT2D eigenvalue weighted by molar-refractivity contribution is 6.30. The summed E-state index contributed by atoms with van der Waals surface area (Å²) in [7, 11) is 0. The van der Waals surface area contributed by atoms with Gasteiger partial charge in [0.15, 0.2) is 0 Å². The standard InChI is InChI=1S/C20H16ClF3N4O2/c21-11-1-2-12(14(22)7-11)17-18-13(8-15(25-17)27-3-5-30-6-4-27)19(29)28-10-20(23,24)9-16(28)26-18/h1-2,7-8H,3-6,9-10H2. The Morgan fingerprint density at radius 3 is 2.63 bits per heavy atom. The van der Waals surface area contributed by atoms with E-state index < -0.39 is 30.3 Å². The van der Waals surface area contributed by atoms with Crippen LogP contribution in [0.1, 0.15) is 5.82 Å². The second kappa shape index (κ2) is 6.95. The van der Waals surface area contributed by atoms with Gasteiger partial charge in [0.2, 0.25) is 0 Å². The molecule has 3 aromatic rings. The lowest BCUT2D eigenvalue weighted by Crippen LogP contribution is -2.37. The molecule has 2 aromatic heterocycles. The lowest BCUT2D eigenvalue weighted by molar-refractivity contribution is 0.00258. The molecule has 0 unspecified atom stereocenters. The van der Waals surface area contributed by atoms with Gasteiger partial charge < -0.3 is 9.64 Å². The summed E-state index contributed by atoms with van der Waals surface area (Å²) in [4.78, 5) is 23.9. The highest BCUT2D eigenvalue weighted by atomic mass is 35.5. The Balaban J connectivity index is 1.80. The van der Waals surface area contributed by atoms with Crippen molar-refractivity contribution in [2.75, 3.05) is 31.2 Å². The van der Waals surface area contributed by atoms with E-state index in [9.17, 15) is 18.0 Å². The molecular formula is C20H16ClF3N4O2. The highest BCUT2D eigenvalue weighted by Gasteiger charge is 2.40. The second-order valence-electron chi connectivity index (χ2n) is 7.40. The number of rotatable bonds is 2. The molecule has 0 radical (unpaired) electrons. The summed E-state index contributed by atoms with van der Waals surface area (Å²) in [6, 6.07) is 5.63. The van der Waals surface area contributed by atoms with Crippen LogP contribution in [0.5, 0.6) is 0 Å². The molecule has 30 heavy (non-hydrogen) atoms. The fourth-order valence-corrected chi connectivity index (χ4v) is 4.05. The third-order valence-corrected chi connectivity index (χ3v) is 5.57. The van der Waals surface area contributed by atoms with Crippen LogP contribution in [-0.2, 0) is 17.7 Å². The fourth-order valence-electron chi connectivity index (χ4n) is 3.89. The summed E-state index contributed by atoms with van der Waals surface area (Å²) < 4.78 is 49.0. The number of fused-ring (bicyclic) bond motifs is 2. The first kappa shape index (κ1) is 19.3. The van der Waals surface area contributed by atoms with Crippen LogP contribution in [0.2, 0.25) is 5.02 Å². The maximum absolute atomic E-state index is 14.7. The second-order valence-corrected chi connectivity index (χ2v) is 7.84. The van der Waals surface area contributed by atoms with E-state index in [1.807, 2.05) is 4.90 Å². The molecule has 6 nitrogen and oxygen atoms in total. The SMILES string of the molecule is O=c1c2cc(N3CCOCC3)nc(-c3ccc(Cl)cc3F)c2nc2n1CC(F)(F)C2. The number of aromatic nitrogens is 3. The van der Waals surface area contributed by atoms with Crippen LogP contribution in [-0.4, -0.2) is 46.8 Å². The molecule has 1 fully saturated rings. The van der Waals surface area contributed by atoms with Crippen molar-refractivity contribution < 1.29 is 17.9 Å². The molecule has 156 valence electrons. The molecule has 0 N–H and O–H groups in total. The number of hydrogen-bond donors (Lipinski definition) is 0. The van der Waals surface area contributed by atoms with Crippen molar-refractivity contribution in [2.24, 2.45) is 0 Å². The number of hydrogen-bond acceptors (Lipinski definition) is 5. The van der Waals surface area contributed by atoms with Gasteiger partial charge in [-0.1, -0.05) is 11.6 Å². The summed E-state index contributed by atoms with van der Waals surface area (Å²) in [5.74, 6) is -3.28. The molecule has 0 bridgehead atoms. The molecule has 0 amide bonds. The molecule has 0 saturated carbocycles. The maximum atomic E-state index is 14.7. The van der Waals surface area contributed by atoms with Gasteiger partial charge in [-0.2, -0.15) is 0 Å². The number of anilines is 1. The van der Waals surface area contributed by atoms with Gasteiger partial charge in [-0.3, -0.25) is 9.36 Å². The van der Waals surface area contributed by atoms with E-state index in [4.69, 9.17) is 16.3 Å². The normalized spacial score (nSPS) is 18.1. The summed E-state index contributed by atoms with van der Waals surface area (Å²) in [5, 5.41) is 0.329. The monoisotopic (exact) mass is 436 g/mol. The largest absolute Gasteiger partial charge is 0.378 e. The van der Waals surface area contributed by atoms with E-state index in [1.54, 1.807) is 0 Å².